The molecule has 0 aliphatic heterocycles. The van der Waals surface area contributed by atoms with Crippen LogP contribution in [-0.4, -0.2) is 24.8 Å². The summed E-state index contributed by atoms with van der Waals surface area (Å²) in [6.07, 6.45) is 8.02. The molecule has 2 heterocycles. The van der Waals surface area contributed by atoms with Gasteiger partial charge in [-0.15, -0.1) is 0 Å². The minimum atomic E-state index is -1.00. The summed E-state index contributed by atoms with van der Waals surface area (Å²) in [6, 6.07) is 8.12. The van der Waals surface area contributed by atoms with Gasteiger partial charge in [0.05, 0.1) is 6.33 Å². The Morgan fingerprint density at radius 3 is 2.74 bits per heavy atom. The van der Waals surface area contributed by atoms with Crippen LogP contribution in [0.1, 0.15) is 37.0 Å². The monoisotopic (exact) mass is 310 g/mol. The van der Waals surface area contributed by atoms with Gasteiger partial charge in [0.2, 0.25) is 0 Å². The van der Waals surface area contributed by atoms with Gasteiger partial charge in [0.25, 0.3) is 5.89 Å². The van der Waals surface area contributed by atoms with Crippen LogP contribution >= 0.6 is 0 Å². The molecule has 1 N–H and O–H groups in total. The van der Waals surface area contributed by atoms with E-state index in [4.69, 9.17) is 4.52 Å². The Morgan fingerprint density at radius 2 is 2.09 bits per heavy atom. The molecule has 2 aromatic heterocycles. The highest BCUT2D eigenvalue weighted by Gasteiger charge is 2.45. The van der Waals surface area contributed by atoms with Gasteiger partial charge < -0.3 is 14.2 Å². The molecule has 3 aromatic rings. The van der Waals surface area contributed by atoms with E-state index in [-0.39, 0.29) is 5.92 Å². The van der Waals surface area contributed by atoms with Gasteiger partial charge in [-0.3, -0.25) is 0 Å². The van der Waals surface area contributed by atoms with E-state index in [1.54, 1.807) is 19.4 Å². The Labute approximate surface area is 133 Å². The lowest BCUT2D eigenvalue weighted by atomic mass is 10.0. The Bertz CT molecular complexity index is 786. The largest absolute Gasteiger partial charge is 0.380 e. The molecule has 1 unspecified atom stereocenters. The van der Waals surface area contributed by atoms with Crippen LogP contribution in [0, 0.1) is 5.92 Å². The van der Waals surface area contributed by atoms with Gasteiger partial charge >= 0.3 is 0 Å². The first-order valence-corrected chi connectivity index (χ1v) is 7.75. The Morgan fingerprint density at radius 1 is 1.30 bits per heavy atom. The van der Waals surface area contributed by atoms with Gasteiger partial charge in [-0.05, 0) is 43.4 Å². The molecule has 4 rings (SSSR count). The molecule has 23 heavy (non-hydrogen) atoms. The molecule has 6 heteroatoms. The van der Waals surface area contributed by atoms with Gasteiger partial charge in [-0.25, -0.2) is 4.98 Å². The molecule has 118 valence electrons. The lowest BCUT2D eigenvalue weighted by molar-refractivity contribution is 0.000915. The van der Waals surface area contributed by atoms with E-state index in [0.29, 0.717) is 18.1 Å². The lowest BCUT2D eigenvalue weighted by Crippen LogP contribution is -2.24. The minimum Gasteiger partial charge on any atom is -0.380 e. The molecule has 0 radical (unpaired) electrons. The van der Waals surface area contributed by atoms with Crippen LogP contribution in [-0.2, 0) is 12.0 Å². The molecule has 0 spiro atoms. The molecule has 1 fully saturated rings. The third kappa shape index (κ3) is 2.77. The standard InChI is InChI=1S/C17H18N4O2/c1-17(22,13-4-5-13)16-19-15(20-23-16)10-12-2-6-14(7-3-12)21-9-8-18-11-21/h2-3,6-9,11,13,22H,4-5,10H2,1H3. The highest BCUT2D eigenvalue weighted by molar-refractivity contribution is 5.35. The molecule has 1 aliphatic carbocycles. The van der Waals surface area contributed by atoms with Crippen LogP contribution in [0.25, 0.3) is 5.69 Å². The van der Waals surface area contributed by atoms with E-state index < -0.39 is 5.60 Å². The maximum atomic E-state index is 10.4. The molecule has 1 aliphatic rings. The van der Waals surface area contributed by atoms with Gasteiger partial charge in [0.15, 0.2) is 5.82 Å². The van der Waals surface area contributed by atoms with E-state index in [1.807, 2.05) is 35.0 Å². The molecule has 0 amide bonds. The van der Waals surface area contributed by atoms with Crippen molar-refractivity contribution in [1.82, 2.24) is 19.7 Å². The van der Waals surface area contributed by atoms with E-state index in [9.17, 15) is 5.11 Å². The summed E-state index contributed by atoms with van der Waals surface area (Å²) in [7, 11) is 0. The quantitative estimate of drug-likeness (QED) is 0.783. The summed E-state index contributed by atoms with van der Waals surface area (Å²) >= 11 is 0. The predicted molar refractivity (Wildman–Crippen MR) is 83.0 cm³/mol. The summed E-state index contributed by atoms with van der Waals surface area (Å²) in [5.41, 5.74) is 1.14. The lowest BCUT2D eigenvalue weighted by Gasteiger charge is -2.16. The highest BCUT2D eigenvalue weighted by Crippen LogP contribution is 2.44. The molecule has 6 nitrogen and oxygen atoms in total. The van der Waals surface area contributed by atoms with Crippen LogP contribution < -0.4 is 0 Å². The van der Waals surface area contributed by atoms with Crippen molar-refractivity contribution in [3.8, 4) is 5.69 Å². The van der Waals surface area contributed by atoms with Crippen LogP contribution in [0.2, 0.25) is 0 Å². The number of imidazole rings is 1. The van der Waals surface area contributed by atoms with Crippen molar-refractivity contribution in [2.75, 3.05) is 0 Å². The normalized spacial score (nSPS) is 17.1. The van der Waals surface area contributed by atoms with Crippen molar-refractivity contribution >= 4 is 0 Å². The Hall–Kier alpha value is -2.47. The van der Waals surface area contributed by atoms with E-state index >= 15 is 0 Å². The van der Waals surface area contributed by atoms with Crippen molar-refractivity contribution < 1.29 is 9.63 Å². The van der Waals surface area contributed by atoms with Crippen molar-refractivity contribution in [3.05, 3.63) is 60.3 Å². The van der Waals surface area contributed by atoms with E-state index in [2.05, 4.69) is 15.1 Å². The number of hydrogen-bond donors (Lipinski definition) is 1. The molecule has 0 saturated heterocycles. The second kappa shape index (κ2) is 5.31. The van der Waals surface area contributed by atoms with Crippen LogP contribution in [0.3, 0.4) is 0 Å². The van der Waals surface area contributed by atoms with Crippen molar-refractivity contribution in [3.63, 3.8) is 0 Å². The molecular formula is C17H18N4O2. The first kappa shape index (κ1) is 14.1. The number of rotatable bonds is 5. The average molecular weight is 310 g/mol. The summed E-state index contributed by atoms with van der Waals surface area (Å²) in [5, 5.41) is 14.4. The van der Waals surface area contributed by atoms with Crippen molar-refractivity contribution in [2.45, 2.75) is 31.8 Å². The summed E-state index contributed by atoms with van der Waals surface area (Å²) in [5.74, 6) is 1.16. The molecule has 1 aromatic carbocycles. The summed E-state index contributed by atoms with van der Waals surface area (Å²) in [4.78, 5) is 8.41. The first-order chi connectivity index (χ1) is 11.1. The first-order valence-electron chi connectivity index (χ1n) is 7.75. The smallest absolute Gasteiger partial charge is 0.258 e. The molecule has 0 bridgehead atoms. The minimum absolute atomic E-state index is 0.241. The van der Waals surface area contributed by atoms with Gasteiger partial charge in [-0.1, -0.05) is 17.3 Å². The number of nitrogens with zero attached hydrogens (tertiary/aromatic N) is 4. The number of aliphatic hydroxyl groups is 1. The number of hydrogen-bond acceptors (Lipinski definition) is 5. The van der Waals surface area contributed by atoms with Crippen LogP contribution in [0.5, 0.6) is 0 Å². The predicted octanol–water partition coefficient (Wildman–Crippen LogP) is 2.46. The fourth-order valence-corrected chi connectivity index (χ4v) is 2.73. The van der Waals surface area contributed by atoms with Crippen molar-refractivity contribution in [1.29, 1.82) is 0 Å². The maximum Gasteiger partial charge on any atom is 0.258 e. The fourth-order valence-electron chi connectivity index (χ4n) is 2.73. The third-order valence-corrected chi connectivity index (χ3v) is 4.37. The zero-order valence-corrected chi connectivity index (χ0v) is 12.9. The topological polar surface area (TPSA) is 77.0 Å². The summed E-state index contributed by atoms with van der Waals surface area (Å²) < 4.78 is 7.21. The van der Waals surface area contributed by atoms with Crippen LogP contribution in [0.4, 0.5) is 0 Å². The molecule has 1 atom stereocenters. The van der Waals surface area contributed by atoms with Gasteiger partial charge in [0.1, 0.15) is 5.60 Å². The Kier molecular flexibility index (Phi) is 3.27. The van der Waals surface area contributed by atoms with Crippen LogP contribution in [0.15, 0.2) is 47.5 Å². The SMILES string of the molecule is CC(O)(c1nc(Cc2ccc(-n3ccnc3)cc2)no1)C1CC1. The van der Waals surface area contributed by atoms with Crippen molar-refractivity contribution in [2.24, 2.45) is 5.92 Å². The fraction of sp³-hybridized carbons (Fsp3) is 0.353. The zero-order valence-electron chi connectivity index (χ0n) is 12.9. The average Bonchev–Trinajstić information content (AvgIpc) is 3.08. The Balaban J connectivity index is 1.49. The maximum absolute atomic E-state index is 10.4. The second-order valence-corrected chi connectivity index (χ2v) is 6.25. The third-order valence-electron chi connectivity index (χ3n) is 4.37. The number of aromatic nitrogens is 4. The zero-order chi connectivity index (χ0) is 15.9. The van der Waals surface area contributed by atoms with Gasteiger partial charge in [0, 0.05) is 24.5 Å². The van der Waals surface area contributed by atoms with E-state index in [1.165, 1.54) is 0 Å². The van der Waals surface area contributed by atoms with E-state index in [0.717, 1.165) is 24.1 Å². The highest BCUT2D eigenvalue weighted by atomic mass is 16.5. The molecular weight excluding hydrogens is 292 g/mol. The number of benzene rings is 1. The molecule has 1 saturated carbocycles. The summed E-state index contributed by atoms with van der Waals surface area (Å²) in [6.45, 7) is 1.75. The van der Waals surface area contributed by atoms with Gasteiger partial charge in [-0.2, -0.15) is 4.98 Å². The second-order valence-electron chi connectivity index (χ2n) is 6.25.